The minimum absolute atomic E-state index is 0.165. The molecule has 13 aromatic rings. The van der Waals surface area contributed by atoms with E-state index in [-0.39, 0.29) is 43.3 Å². The Morgan fingerprint density at radius 2 is 0.452 bits per heavy atom. The van der Waals surface area contributed by atoms with Gasteiger partial charge in [0, 0.05) is 43.1 Å². The van der Waals surface area contributed by atoms with Crippen molar-refractivity contribution in [3.8, 4) is 34.9 Å². The third kappa shape index (κ3) is 9.42. The van der Waals surface area contributed by atoms with Crippen LogP contribution in [0, 0.1) is 22.7 Å². The largest absolute Gasteiger partial charge is 0.306 e. The second-order valence-electron chi connectivity index (χ2n) is 35.0. The number of aromatic nitrogens is 4. The van der Waals surface area contributed by atoms with Crippen LogP contribution in [0.5, 0.6) is 0 Å². The predicted octanol–water partition coefficient (Wildman–Crippen LogP) is 23.6. The van der Waals surface area contributed by atoms with Crippen molar-refractivity contribution in [2.45, 2.75) is 202 Å². The Kier molecular flexibility index (Phi) is 13.2. The molecule has 4 aromatic heterocycles. The lowest BCUT2D eigenvalue weighted by atomic mass is 9.68. The maximum Gasteiger partial charge on any atom is 0.103 e. The normalized spacial score (nSPS) is 14.9. The zero-order chi connectivity index (χ0) is 66.7. The molecule has 0 atom stereocenters. The van der Waals surface area contributed by atoms with E-state index < -0.39 is 0 Å². The van der Waals surface area contributed by atoms with Gasteiger partial charge in [-0.25, -0.2) is 0 Å². The molecule has 470 valence electrons. The quantitative estimate of drug-likeness (QED) is 0.173. The fourth-order valence-electron chi connectivity index (χ4n) is 15.8. The van der Waals surface area contributed by atoms with Crippen LogP contribution in [-0.4, -0.2) is 18.3 Å². The number of hydrogen-bond acceptors (Lipinski definition) is 2. The number of hydrogen-bond donors (Lipinski definition) is 0. The van der Waals surface area contributed by atoms with Crippen LogP contribution >= 0.6 is 0 Å². The van der Waals surface area contributed by atoms with Crippen LogP contribution in [0.15, 0.2) is 146 Å². The van der Waals surface area contributed by atoms with Crippen LogP contribution in [0.25, 0.3) is 110 Å². The predicted molar refractivity (Wildman–Crippen MR) is 396 cm³/mol. The topological polar surface area (TPSA) is 67.3 Å². The first-order chi connectivity index (χ1) is 43.3. The van der Waals surface area contributed by atoms with E-state index in [0.717, 1.165) is 105 Å². The van der Waals surface area contributed by atoms with Crippen molar-refractivity contribution in [3.05, 3.63) is 201 Å². The average molecular weight is 1220 g/mol. The van der Waals surface area contributed by atoms with Crippen molar-refractivity contribution < 1.29 is 0 Å². The molecule has 0 saturated carbocycles. The average Bonchev–Trinajstić information content (AvgIpc) is 1.56. The highest BCUT2D eigenvalue weighted by molar-refractivity contribution is 6.17. The summed E-state index contributed by atoms with van der Waals surface area (Å²) in [6.07, 6.45) is 0.892. The Labute approximate surface area is 551 Å². The van der Waals surface area contributed by atoms with Crippen molar-refractivity contribution in [1.82, 2.24) is 18.3 Å². The summed E-state index contributed by atoms with van der Waals surface area (Å²) in [5.41, 5.74) is 19.8. The molecule has 0 radical (unpaired) electrons. The van der Waals surface area contributed by atoms with Gasteiger partial charge in [-0.2, -0.15) is 10.5 Å². The zero-order valence-electron chi connectivity index (χ0n) is 59.2. The van der Waals surface area contributed by atoms with E-state index in [9.17, 15) is 10.5 Å². The van der Waals surface area contributed by atoms with Crippen molar-refractivity contribution in [2.75, 3.05) is 0 Å². The van der Waals surface area contributed by atoms with Gasteiger partial charge in [-0.15, -0.1) is 0 Å². The molecule has 4 aliphatic rings. The highest BCUT2D eigenvalue weighted by Gasteiger charge is 2.39. The van der Waals surface area contributed by atoms with E-state index in [0.29, 0.717) is 22.5 Å². The molecule has 6 nitrogen and oxygen atoms in total. The van der Waals surface area contributed by atoms with E-state index in [1.54, 1.807) is 0 Å². The van der Waals surface area contributed by atoms with Crippen LogP contribution in [0.1, 0.15) is 214 Å². The molecule has 0 unspecified atom stereocenters. The molecule has 93 heavy (non-hydrogen) atoms. The van der Waals surface area contributed by atoms with Gasteiger partial charge in [0.05, 0.1) is 78.0 Å². The minimum Gasteiger partial charge on any atom is -0.306 e. The maximum atomic E-state index is 12.9. The summed E-state index contributed by atoms with van der Waals surface area (Å²) >= 11 is 0. The van der Waals surface area contributed by atoms with Crippen LogP contribution in [0.4, 0.5) is 0 Å². The van der Waals surface area contributed by atoms with Crippen molar-refractivity contribution in [3.63, 3.8) is 0 Å². The monoisotopic (exact) mass is 1220 g/mol. The third-order valence-electron chi connectivity index (χ3n) is 21.2. The molecule has 0 spiro atoms. The Morgan fingerprint density at radius 3 is 0.645 bits per heavy atom. The number of fused-ring (bicyclic) bond motifs is 8. The molecule has 4 aliphatic heterocycles. The summed E-state index contributed by atoms with van der Waals surface area (Å²) in [6, 6.07) is 62.4. The van der Waals surface area contributed by atoms with Crippen molar-refractivity contribution >= 4 is 87.2 Å². The lowest BCUT2D eigenvalue weighted by molar-refractivity contribution is 0.349. The van der Waals surface area contributed by atoms with Crippen molar-refractivity contribution in [1.29, 1.82) is 10.5 Å². The van der Waals surface area contributed by atoms with Gasteiger partial charge in [0.1, 0.15) is 12.1 Å². The Bertz CT molecular complexity index is 4990. The van der Waals surface area contributed by atoms with Gasteiger partial charge in [-0.05, 0) is 191 Å². The summed E-state index contributed by atoms with van der Waals surface area (Å²) in [6.45, 7) is 51.0. The second kappa shape index (κ2) is 19.9. The van der Waals surface area contributed by atoms with Gasteiger partial charge in [-0.3, -0.25) is 0 Å². The van der Waals surface area contributed by atoms with E-state index >= 15 is 0 Å². The SMILES string of the molecule is CC(C)(C)c1ccc2c(c1)c1cc(C(C)(C)C)ccc1n2-c1c(C#N)c(C#N)c(-n2c3ccc(C(C)(C)C)cc3c3cc(C(C)(C)C)ccc32)c2c1-n1c3ccc(C(C)(C)C)cc3c3cc(ccc31)C(C)(C)CC(C)(C)c1ccc3c(c1)c1cc(C(C)(C)C)ccc1n3-2. The fraction of sp³-hybridized carbons (Fsp3) is 0.356. The molecule has 0 N–H and O–H groups in total. The van der Waals surface area contributed by atoms with Crippen molar-refractivity contribution in [2.24, 2.45) is 0 Å². The molecular weight excluding hydrogens is 1130 g/mol. The van der Waals surface area contributed by atoms with Gasteiger partial charge in [0.2, 0.25) is 0 Å². The van der Waals surface area contributed by atoms with Gasteiger partial charge in [-0.1, -0.05) is 201 Å². The molecule has 17 rings (SSSR count). The summed E-state index contributed by atoms with van der Waals surface area (Å²) in [4.78, 5) is 0. The molecule has 0 fully saturated rings. The zero-order valence-corrected chi connectivity index (χ0v) is 59.2. The summed E-state index contributed by atoms with van der Waals surface area (Å²) in [5.74, 6) is 0. The number of nitrogens with zero attached hydrogens (tertiary/aromatic N) is 6. The van der Waals surface area contributed by atoms with Crippen LogP contribution in [0.3, 0.4) is 0 Å². The molecule has 6 heteroatoms. The summed E-state index contributed by atoms with van der Waals surface area (Å²) in [5, 5.41) is 34.7. The van der Waals surface area contributed by atoms with Crippen LogP contribution in [0.2, 0.25) is 0 Å². The highest BCUT2D eigenvalue weighted by Crippen LogP contribution is 2.53. The van der Waals surface area contributed by atoms with E-state index in [4.69, 9.17) is 0 Å². The smallest absolute Gasteiger partial charge is 0.103 e. The molecule has 8 bridgehead atoms. The Hall–Kier alpha value is -8.84. The Balaban J connectivity index is 1.36. The number of rotatable bonds is 2. The molecule has 0 aliphatic carbocycles. The van der Waals surface area contributed by atoms with Crippen LogP contribution < -0.4 is 0 Å². The van der Waals surface area contributed by atoms with E-state index in [2.05, 4.69) is 328 Å². The second-order valence-corrected chi connectivity index (χ2v) is 35.0. The molecule has 0 amide bonds. The summed E-state index contributed by atoms with van der Waals surface area (Å²) < 4.78 is 9.78. The Morgan fingerprint density at radius 1 is 0.269 bits per heavy atom. The molecular formula is C87H92N6. The fourth-order valence-corrected chi connectivity index (χ4v) is 15.8. The lowest BCUT2D eigenvalue weighted by Gasteiger charge is -2.36. The third-order valence-corrected chi connectivity index (χ3v) is 21.2. The minimum atomic E-state index is -0.265. The van der Waals surface area contributed by atoms with Gasteiger partial charge in [0.15, 0.2) is 0 Å². The highest BCUT2D eigenvalue weighted by atomic mass is 15.1. The molecule has 0 saturated heterocycles. The van der Waals surface area contributed by atoms with E-state index in [1.807, 2.05) is 0 Å². The number of benzene rings is 9. The molecule has 9 aromatic carbocycles. The standard InChI is InChI=1S/C87H92N6/c1-80(2,3)50-23-31-68-58(39-50)59-40-51(81(4,5)6)24-32-69(59)90(68)76-66(47-88)67(48-89)77(91-70-33-25-52(82(7,8)9)41-60(70)61-42-53(83(10,11)12)26-34-71(61)91)79-78(76)92-72-35-27-54(84(13,14)15)43-62(72)64-45-56(29-37-74(64)92)86(19,20)49-87(21,22)57-30-38-75-65(46-57)63-44-55(85(16,17)18)28-36-73(63)93(75)79/h23-46H,49H2,1-22H3. The molecule has 8 heterocycles. The van der Waals surface area contributed by atoms with Gasteiger partial charge in [0.25, 0.3) is 0 Å². The van der Waals surface area contributed by atoms with Gasteiger partial charge >= 0.3 is 0 Å². The first kappa shape index (κ1) is 61.7. The van der Waals surface area contributed by atoms with Gasteiger partial charge < -0.3 is 18.3 Å². The van der Waals surface area contributed by atoms with E-state index in [1.165, 1.54) is 44.5 Å². The van der Waals surface area contributed by atoms with Crippen LogP contribution in [-0.2, 0) is 43.3 Å². The first-order valence-electron chi connectivity index (χ1n) is 33.7. The summed E-state index contributed by atoms with van der Waals surface area (Å²) in [7, 11) is 0. The first-order valence-corrected chi connectivity index (χ1v) is 33.7. The number of nitriles is 2. The maximum absolute atomic E-state index is 12.9. The lowest BCUT2D eigenvalue weighted by Crippen LogP contribution is -2.29.